The summed E-state index contributed by atoms with van der Waals surface area (Å²) in [6, 6.07) is 8.99. The van der Waals surface area contributed by atoms with Gasteiger partial charge in [0.15, 0.2) is 0 Å². The largest absolute Gasteiger partial charge is 0.522 e. The number of rotatable bonds is 8. The van der Waals surface area contributed by atoms with E-state index in [4.69, 9.17) is 16.2 Å². The minimum Gasteiger partial charge on any atom is -0.378 e. The number of ether oxygens (including phenoxy) is 2. The maximum atomic E-state index is 15.2. The molecule has 1 aromatic carbocycles. The third-order valence-electron chi connectivity index (χ3n) is 7.79. The number of likely N-dealkylation sites (N-methyl/N-ethyl adjacent to an activating group) is 1. The van der Waals surface area contributed by atoms with Gasteiger partial charge in [0.05, 0.1) is 25.4 Å². The van der Waals surface area contributed by atoms with Crippen molar-refractivity contribution in [3.63, 3.8) is 0 Å². The number of benzene rings is 1. The number of hydrogen-bond acceptors (Lipinski definition) is 7. The van der Waals surface area contributed by atoms with Crippen molar-refractivity contribution in [2.75, 3.05) is 13.7 Å². The van der Waals surface area contributed by atoms with E-state index < -0.39 is 48.8 Å². The fourth-order valence-electron chi connectivity index (χ4n) is 5.91. The van der Waals surface area contributed by atoms with Crippen LogP contribution in [0, 0.1) is 23.7 Å². The number of aliphatic hydroxyl groups excluding tert-OH is 1. The van der Waals surface area contributed by atoms with E-state index in [1.807, 2.05) is 54.3 Å². The second kappa shape index (κ2) is 11.4. The molecular weight excluding hydrogens is 468 g/mol. The van der Waals surface area contributed by atoms with Crippen molar-refractivity contribution in [2.24, 2.45) is 35.1 Å². The Morgan fingerprint density at radius 3 is 2.40 bits per heavy atom. The highest BCUT2D eigenvalue weighted by Gasteiger charge is 2.53. The number of hydrogen-bond donors (Lipinski definition) is 3. The molecular formula is C24H38F4N4O3. The molecule has 5 N–H and O–H groups in total. The third kappa shape index (κ3) is 6.33. The van der Waals surface area contributed by atoms with Gasteiger partial charge in [-0.05, 0) is 36.7 Å². The zero-order valence-electron chi connectivity index (χ0n) is 20.6. The molecule has 3 rings (SSSR count). The van der Waals surface area contributed by atoms with Crippen LogP contribution >= 0.6 is 0 Å². The van der Waals surface area contributed by atoms with Crippen LogP contribution < -0.4 is 11.5 Å². The highest BCUT2D eigenvalue weighted by atomic mass is 19.4. The highest BCUT2D eigenvalue weighted by Crippen LogP contribution is 2.44. The number of aliphatic hydroxyl groups is 1. The van der Waals surface area contributed by atoms with Crippen molar-refractivity contribution < 1.29 is 32.1 Å². The molecule has 10 atom stereocenters. The lowest BCUT2D eigenvalue weighted by Crippen LogP contribution is -2.58. The maximum absolute atomic E-state index is 15.2. The van der Waals surface area contributed by atoms with Crippen molar-refractivity contribution in [3.05, 3.63) is 35.9 Å². The van der Waals surface area contributed by atoms with E-state index in [1.165, 1.54) is 0 Å². The SMILES string of the molecule is CC1CC(C(C)N2C(N)C(C(N)O)C(COCc3ccccc3)N2C)C(C)C(F)C1OC(F)(F)F. The van der Waals surface area contributed by atoms with Crippen LogP contribution in [0.15, 0.2) is 30.3 Å². The molecule has 1 aromatic rings. The Kier molecular flexibility index (Phi) is 9.17. The van der Waals surface area contributed by atoms with Crippen LogP contribution in [0.25, 0.3) is 0 Å². The van der Waals surface area contributed by atoms with Gasteiger partial charge in [-0.3, -0.25) is 4.74 Å². The summed E-state index contributed by atoms with van der Waals surface area (Å²) in [7, 11) is 1.81. The molecule has 0 amide bonds. The summed E-state index contributed by atoms with van der Waals surface area (Å²) in [6.45, 7) is 5.71. The lowest BCUT2D eigenvalue weighted by molar-refractivity contribution is -0.360. The Morgan fingerprint density at radius 2 is 1.83 bits per heavy atom. The zero-order chi connectivity index (χ0) is 26.1. The van der Waals surface area contributed by atoms with Crippen molar-refractivity contribution >= 4 is 0 Å². The predicted octanol–water partition coefficient (Wildman–Crippen LogP) is 2.84. The molecule has 0 radical (unpaired) electrons. The number of hydrazine groups is 1. The summed E-state index contributed by atoms with van der Waals surface area (Å²) in [6.07, 6.45) is -9.77. The molecule has 0 aromatic heterocycles. The minimum atomic E-state index is -4.89. The second-order valence-corrected chi connectivity index (χ2v) is 10.0. The Morgan fingerprint density at radius 1 is 1.20 bits per heavy atom. The Labute approximate surface area is 204 Å². The third-order valence-corrected chi connectivity index (χ3v) is 7.79. The van der Waals surface area contributed by atoms with Crippen LogP contribution in [-0.2, 0) is 16.1 Å². The first-order chi connectivity index (χ1) is 16.3. The molecule has 35 heavy (non-hydrogen) atoms. The second-order valence-electron chi connectivity index (χ2n) is 10.0. The summed E-state index contributed by atoms with van der Waals surface area (Å²) in [5.74, 6) is -2.16. The van der Waals surface area contributed by atoms with E-state index in [9.17, 15) is 18.3 Å². The van der Waals surface area contributed by atoms with Gasteiger partial charge in [-0.2, -0.15) is 0 Å². The van der Waals surface area contributed by atoms with Crippen LogP contribution in [-0.4, -0.2) is 71.9 Å². The van der Waals surface area contributed by atoms with Gasteiger partial charge in [0.25, 0.3) is 0 Å². The van der Waals surface area contributed by atoms with Gasteiger partial charge in [-0.1, -0.05) is 44.2 Å². The minimum absolute atomic E-state index is 0.255. The molecule has 10 unspecified atom stereocenters. The van der Waals surface area contributed by atoms with Crippen molar-refractivity contribution in [1.29, 1.82) is 0 Å². The number of alkyl halides is 4. The van der Waals surface area contributed by atoms with Gasteiger partial charge in [0, 0.05) is 19.0 Å². The number of halogens is 4. The first kappa shape index (κ1) is 28.2. The predicted molar refractivity (Wildman–Crippen MR) is 123 cm³/mol. The molecule has 1 heterocycles. The first-order valence-corrected chi connectivity index (χ1v) is 12.0. The van der Waals surface area contributed by atoms with Gasteiger partial charge in [-0.15, -0.1) is 13.2 Å². The highest BCUT2D eigenvalue weighted by molar-refractivity contribution is 5.13. The summed E-state index contributed by atoms with van der Waals surface area (Å²) >= 11 is 0. The Balaban J connectivity index is 1.72. The molecule has 2 aliphatic rings. The zero-order valence-corrected chi connectivity index (χ0v) is 20.6. The summed E-state index contributed by atoms with van der Waals surface area (Å²) < 4.78 is 63.7. The monoisotopic (exact) mass is 506 g/mol. The number of nitrogens with zero attached hydrogens (tertiary/aromatic N) is 2. The average Bonchev–Trinajstić information content (AvgIpc) is 3.03. The smallest absolute Gasteiger partial charge is 0.378 e. The first-order valence-electron chi connectivity index (χ1n) is 12.0. The topological polar surface area (TPSA) is 97.2 Å². The molecule has 0 bridgehead atoms. The van der Waals surface area contributed by atoms with Crippen molar-refractivity contribution in [1.82, 2.24) is 10.0 Å². The lowest BCUT2D eigenvalue weighted by Gasteiger charge is -2.47. The van der Waals surface area contributed by atoms with E-state index in [0.29, 0.717) is 13.0 Å². The molecule has 1 aliphatic carbocycles. The van der Waals surface area contributed by atoms with Crippen LogP contribution in [0.3, 0.4) is 0 Å². The van der Waals surface area contributed by atoms with Gasteiger partial charge in [-0.25, -0.2) is 14.4 Å². The Hall–Kier alpha value is -1.34. The van der Waals surface area contributed by atoms with E-state index >= 15 is 4.39 Å². The summed E-state index contributed by atoms with van der Waals surface area (Å²) in [5, 5.41) is 14.1. The molecule has 7 nitrogen and oxygen atoms in total. The summed E-state index contributed by atoms with van der Waals surface area (Å²) in [4.78, 5) is 0. The van der Waals surface area contributed by atoms with Crippen LogP contribution in [0.5, 0.6) is 0 Å². The van der Waals surface area contributed by atoms with Gasteiger partial charge >= 0.3 is 6.36 Å². The quantitative estimate of drug-likeness (QED) is 0.369. The molecule has 1 saturated carbocycles. The normalized spacial score (nSPS) is 36.9. The standard InChI is InChI=1S/C24H38F4N4O3/c1-13-10-17(14(2)20(25)21(13)35-24(26,27)28)15(3)32-22(29)19(23(30)33)18(31(32)4)12-34-11-16-8-6-5-7-9-16/h5-9,13-15,17-23,33H,10-12,29-30H2,1-4H3. The fraction of sp³-hybridized carbons (Fsp3) is 0.750. The molecule has 11 heteroatoms. The van der Waals surface area contributed by atoms with E-state index in [0.717, 1.165) is 5.56 Å². The van der Waals surface area contributed by atoms with Crippen molar-refractivity contribution in [3.8, 4) is 0 Å². The molecule has 200 valence electrons. The fourth-order valence-corrected chi connectivity index (χ4v) is 5.91. The van der Waals surface area contributed by atoms with Crippen LogP contribution in [0.2, 0.25) is 0 Å². The van der Waals surface area contributed by atoms with Gasteiger partial charge in [0.1, 0.15) is 18.5 Å². The maximum Gasteiger partial charge on any atom is 0.522 e. The molecule has 1 saturated heterocycles. The Bertz CT molecular complexity index is 803. The van der Waals surface area contributed by atoms with Gasteiger partial charge in [0.2, 0.25) is 0 Å². The van der Waals surface area contributed by atoms with Crippen LogP contribution in [0.1, 0.15) is 32.8 Å². The molecule has 2 fully saturated rings. The van der Waals surface area contributed by atoms with E-state index in [1.54, 1.807) is 13.8 Å². The van der Waals surface area contributed by atoms with E-state index in [2.05, 4.69) is 4.74 Å². The average molecular weight is 507 g/mol. The van der Waals surface area contributed by atoms with E-state index in [-0.39, 0.29) is 24.6 Å². The lowest BCUT2D eigenvalue weighted by atomic mass is 9.69. The van der Waals surface area contributed by atoms with Crippen molar-refractivity contribution in [2.45, 2.75) is 76.9 Å². The molecule has 0 spiro atoms. The summed E-state index contributed by atoms with van der Waals surface area (Å²) in [5.41, 5.74) is 13.4. The van der Waals surface area contributed by atoms with Gasteiger partial charge < -0.3 is 21.3 Å². The van der Waals surface area contributed by atoms with Crippen LogP contribution in [0.4, 0.5) is 17.6 Å². The number of nitrogens with two attached hydrogens (primary N) is 2. The molecule has 1 aliphatic heterocycles.